The molecule has 0 N–H and O–H groups in total. The highest BCUT2D eigenvalue weighted by molar-refractivity contribution is 6.00. The molecular formula is C24H27FN2O2. The van der Waals surface area contributed by atoms with Crippen LogP contribution in [0.4, 0.5) is 10.1 Å². The largest absolute Gasteiger partial charge is 0.366 e. The van der Waals surface area contributed by atoms with E-state index in [9.17, 15) is 14.0 Å². The highest BCUT2D eigenvalue weighted by Gasteiger charge is 2.25. The van der Waals surface area contributed by atoms with Crippen LogP contribution in [-0.2, 0) is 0 Å². The molecule has 5 heteroatoms. The molecule has 0 unspecified atom stereocenters. The highest BCUT2D eigenvalue weighted by atomic mass is 19.1. The molecule has 2 aliphatic rings. The molecule has 29 heavy (non-hydrogen) atoms. The van der Waals surface area contributed by atoms with Gasteiger partial charge in [-0.05, 0) is 37.1 Å². The van der Waals surface area contributed by atoms with E-state index >= 15 is 0 Å². The van der Waals surface area contributed by atoms with Crippen molar-refractivity contribution in [2.24, 2.45) is 5.92 Å². The summed E-state index contributed by atoms with van der Waals surface area (Å²) in [5, 5.41) is 0. The zero-order valence-corrected chi connectivity index (χ0v) is 16.6. The van der Waals surface area contributed by atoms with Gasteiger partial charge in [-0.1, -0.05) is 43.5 Å². The van der Waals surface area contributed by atoms with Crippen molar-refractivity contribution in [2.45, 2.75) is 32.1 Å². The van der Waals surface area contributed by atoms with Crippen LogP contribution in [0.15, 0.2) is 48.5 Å². The van der Waals surface area contributed by atoms with Gasteiger partial charge in [0.05, 0.1) is 5.69 Å². The van der Waals surface area contributed by atoms with E-state index in [1.54, 1.807) is 41.3 Å². The first kappa shape index (κ1) is 19.6. The zero-order valence-electron chi connectivity index (χ0n) is 16.6. The van der Waals surface area contributed by atoms with Gasteiger partial charge in [-0.2, -0.15) is 0 Å². The molecular weight excluding hydrogens is 367 g/mol. The molecule has 1 aliphatic carbocycles. The number of hydrogen-bond donors (Lipinski definition) is 0. The van der Waals surface area contributed by atoms with Crippen molar-refractivity contribution < 1.29 is 14.0 Å². The predicted molar refractivity (Wildman–Crippen MR) is 112 cm³/mol. The quantitative estimate of drug-likeness (QED) is 0.715. The Morgan fingerprint density at radius 1 is 0.793 bits per heavy atom. The second-order valence-corrected chi connectivity index (χ2v) is 8.01. The Morgan fingerprint density at radius 3 is 2.07 bits per heavy atom. The van der Waals surface area contributed by atoms with Crippen LogP contribution in [0.2, 0.25) is 0 Å². The number of hydrogen-bond acceptors (Lipinski definition) is 3. The number of anilines is 1. The lowest BCUT2D eigenvalue weighted by molar-refractivity contribution is 0.0745. The number of rotatable bonds is 4. The normalized spacial score (nSPS) is 18.0. The first-order valence-electron chi connectivity index (χ1n) is 10.6. The Morgan fingerprint density at radius 2 is 1.41 bits per heavy atom. The third-order valence-corrected chi connectivity index (χ3v) is 6.15. The summed E-state index contributed by atoms with van der Waals surface area (Å²) in [6, 6.07) is 13.9. The summed E-state index contributed by atoms with van der Waals surface area (Å²) in [5.74, 6) is 0.0827. The van der Waals surface area contributed by atoms with Crippen molar-refractivity contribution in [2.75, 3.05) is 31.1 Å². The molecule has 0 spiro atoms. The fourth-order valence-electron chi connectivity index (χ4n) is 4.42. The van der Waals surface area contributed by atoms with Gasteiger partial charge in [-0.3, -0.25) is 9.59 Å². The number of Topliss-reactive ketones (excluding diaryl/α,β-unsaturated/α-hetero) is 1. The van der Waals surface area contributed by atoms with Crippen molar-refractivity contribution in [1.29, 1.82) is 0 Å². The number of para-hydroxylation sites is 1. The molecule has 1 amide bonds. The number of halogens is 1. The first-order valence-corrected chi connectivity index (χ1v) is 10.6. The average Bonchev–Trinajstić information content (AvgIpc) is 2.79. The van der Waals surface area contributed by atoms with E-state index in [1.807, 2.05) is 11.0 Å². The second kappa shape index (κ2) is 8.76. The van der Waals surface area contributed by atoms with Crippen LogP contribution >= 0.6 is 0 Å². The summed E-state index contributed by atoms with van der Waals surface area (Å²) in [4.78, 5) is 29.3. The minimum absolute atomic E-state index is 0.0325. The Bertz CT molecular complexity index is 867. The summed E-state index contributed by atoms with van der Waals surface area (Å²) < 4.78 is 14.0. The van der Waals surface area contributed by atoms with Crippen LogP contribution in [0, 0.1) is 11.7 Å². The van der Waals surface area contributed by atoms with E-state index in [1.165, 1.54) is 12.5 Å². The number of ketones is 1. The lowest BCUT2D eigenvalue weighted by Crippen LogP contribution is -2.49. The standard InChI is InChI=1S/C24H27FN2O2/c25-21-8-4-5-9-22(21)26-14-16-27(17-15-26)24(29)20-12-10-19(11-13-20)23(28)18-6-2-1-3-7-18/h4-5,8-13,18H,1-3,6-7,14-17H2. The summed E-state index contributed by atoms with van der Waals surface area (Å²) in [5.41, 5.74) is 1.90. The number of carbonyl (C=O) groups excluding carboxylic acids is 2. The Kier molecular flexibility index (Phi) is 5.93. The lowest BCUT2D eigenvalue weighted by atomic mass is 9.84. The SMILES string of the molecule is O=C(c1ccc(C(=O)N2CCN(c3ccccc3F)CC2)cc1)C1CCCCC1. The maximum atomic E-state index is 14.0. The summed E-state index contributed by atoms with van der Waals surface area (Å²) in [6.45, 7) is 2.31. The molecule has 4 nitrogen and oxygen atoms in total. The van der Waals surface area contributed by atoms with E-state index in [0.29, 0.717) is 43.0 Å². The molecule has 1 aliphatic heterocycles. The van der Waals surface area contributed by atoms with Gasteiger partial charge in [0.1, 0.15) is 5.82 Å². The first-order chi connectivity index (χ1) is 14.1. The number of benzene rings is 2. The van der Waals surface area contributed by atoms with Gasteiger partial charge in [-0.25, -0.2) is 4.39 Å². The van der Waals surface area contributed by atoms with Crippen LogP contribution in [0.5, 0.6) is 0 Å². The molecule has 152 valence electrons. The molecule has 1 saturated heterocycles. The van der Waals surface area contributed by atoms with E-state index in [0.717, 1.165) is 25.7 Å². The average molecular weight is 394 g/mol. The zero-order chi connectivity index (χ0) is 20.2. The second-order valence-electron chi connectivity index (χ2n) is 8.01. The van der Waals surface area contributed by atoms with Crippen LogP contribution in [0.25, 0.3) is 0 Å². The van der Waals surface area contributed by atoms with E-state index in [4.69, 9.17) is 0 Å². The smallest absolute Gasteiger partial charge is 0.253 e. The Balaban J connectivity index is 1.36. The maximum absolute atomic E-state index is 14.0. The third-order valence-electron chi connectivity index (χ3n) is 6.15. The Hall–Kier alpha value is -2.69. The van der Waals surface area contributed by atoms with Crippen molar-refractivity contribution in [3.63, 3.8) is 0 Å². The van der Waals surface area contributed by atoms with Crippen LogP contribution in [0.3, 0.4) is 0 Å². The fourth-order valence-corrected chi connectivity index (χ4v) is 4.42. The van der Waals surface area contributed by atoms with Gasteiger partial charge in [0.15, 0.2) is 5.78 Å². The van der Waals surface area contributed by atoms with Gasteiger partial charge in [0.2, 0.25) is 0 Å². The van der Waals surface area contributed by atoms with Gasteiger partial charge < -0.3 is 9.80 Å². The van der Waals surface area contributed by atoms with Crippen molar-refractivity contribution in [1.82, 2.24) is 4.90 Å². The summed E-state index contributed by atoms with van der Waals surface area (Å²) >= 11 is 0. The molecule has 0 atom stereocenters. The van der Waals surface area contributed by atoms with E-state index in [-0.39, 0.29) is 23.4 Å². The number of carbonyl (C=O) groups is 2. The molecule has 0 radical (unpaired) electrons. The van der Waals surface area contributed by atoms with Crippen LogP contribution < -0.4 is 4.90 Å². The summed E-state index contributed by atoms with van der Waals surface area (Å²) in [6.07, 6.45) is 5.44. The summed E-state index contributed by atoms with van der Waals surface area (Å²) in [7, 11) is 0. The Labute approximate surface area is 171 Å². The number of amides is 1. The van der Waals surface area contributed by atoms with Crippen LogP contribution in [0.1, 0.15) is 52.8 Å². The van der Waals surface area contributed by atoms with E-state index < -0.39 is 0 Å². The van der Waals surface area contributed by atoms with Crippen LogP contribution in [-0.4, -0.2) is 42.8 Å². The third kappa shape index (κ3) is 4.34. The lowest BCUT2D eigenvalue weighted by Gasteiger charge is -2.36. The maximum Gasteiger partial charge on any atom is 0.253 e. The highest BCUT2D eigenvalue weighted by Crippen LogP contribution is 2.27. The molecule has 1 heterocycles. The van der Waals surface area contributed by atoms with Gasteiger partial charge >= 0.3 is 0 Å². The molecule has 2 aromatic rings. The molecule has 4 rings (SSSR count). The van der Waals surface area contributed by atoms with Crippen molar-refractivity contribution >= 4 is 17.4 Å². The number of nitrogens with zero attached hydrogens (tertiary/aromatic N) is 2. The molecule has 2 aromatic carbocycles. The van der Waals surface area contributed by atoms with Gasteiger partial charge in [0.25, 0.3) is 5.91 Å². The molecule has 0 bridgehead atoms. The predicted octanol–water partition coefficient (Wildman–Crippen LogP) is 4.55. The van der Waals surface area contributed by atoms with Crippen molar-refractivity contribution in [3.8, 4) is 0 Å². The van der Waals surface area contributed by atoms with Gasteiger partial charge in [-0.15, -0.1) is 0 Å². The topological polar surface area (TPSA) is 40.6 Å². The minimum Gasteiger partial charge on any atom is -0.366 e. The number of piperazine rings is 1. The van der Waals surface area contributed by atoms with E-state index in [2.05, 4.69) is 0 Å². The minimum atomic E-state index is -0.231. The monoisotopic (exact) mass is 394 g/mol. The molecule has 2 fully saturated rings. The molecule has 1 saturated carbocycles. The van der Waals surface area contributed by atoms with Crippen molar-refractivity contribution in [3.05, 3.63) is 65.5 Å². The fraction of sp³-hybridized carbons (Fsp3) is 0.417. The van der Waals surface area contributed by atoms with Gasteiger partial charge in [0, 0.05) is 43.2 Å². The molecule has 0 aromatic heterocycles.